The van der Waals surface area contributed by atoms with Gasteiger partial charge in [-0.25, -0.2) is 0 Å². The largest absolute Gasteiger partial charge is 0.502 e. The molecule has 0 spiro atoms. The lowest BCUT2D eigenvalue weighted by Gasteiger charge is -2.15. The molecule has 1 heterocycles. The molecule has 0 aliphatic rings. The molecule has 0 radical (unpaired) electrons. The van der Waals surface area contributed by atoms with Crippen molar-refractivity contribution in [1.82, 2.24) is 0 Å². The van der Waals surface area contributed by atoms with Crippen molar-refractivity contribution in [1.29, 1.82) is 0 Å². The van der Waals surface area contributed by atoms with E-state index in [4.69, 9.17) is 13.9 Å². The fourth-order valence-corrected chi connectivity index (χ4v) is 5.24. The second-order valence-electron chi connectivity index (χ2n) is 11.5. The second kappa shape index (κ2) is 14.3. The average molecular weight is 539 g/mol. The Morgan fingerprint density at radius 3 is 1.90 bits per heavy atom. The molecule has 0 saturated heterocycles. The number of phenols is 1. The van der Waals surface area contributed by atoms with Crippen molar-refractivity contribution < 1.29 is 24.1 Å². The topological polar surface area (TPSA) is 89.1 Å². The van der Waals surface area contributed by atoms with E-state index in [1.54, 1.807) is 6.07 Å². The van der Waals surface area contributed by atoms with Crippen LogP contribution < -0.4 is 14.9 Å². The molecule has 3 aromatic rings. The van der Waals surface area contributed by atoms with Gasteiger partial charge in [0.05, 0.1) is 19.6 Å². The molecule has 0 amide bonds. The maximum atomic E-state index is 12.9. The Morgan fingerprint density at radius 2 is 1.33 bits per heavy atom. The molecule has 2 unspecified atom stereocenters. The quantitative estimate of drug-likeness (QED) is 0.202. The monoisotopic (exact) mass is 538 g/mol. The SMILES string of the molecule is COc1cc(-c2oc3cc(CCCC(C)CCCC(C)CCCC(C)C)ccc3c(=O)c2O)cc(OC)c1O. The Bertz CT molecular complexity index is 1250. The van der Waals surface area contributed by atoms with E-state index in [-0.39, 0.29) is 23.0 Å². The van der Waals surface area contributed by atoms with Crippen LogP contribution in [0.1, 0.15) is 84.6 Å². The number of methoxy groups -OCH3 is 2. The molecule has 39 heavy (non-hydrogen) atoms. The smallest absolute Gasteiger partial charge is 0.235 e. The normalized spacial score (nSPS) is 13.1. The van der Waals surface area contributed by atoms with Gasteiger partial charge in [-0.2, -0.15) is 0 Å². The Labute approximate surface area is 233 Å². The molecule has 2 atom stereocenters. The molecule has 0 saturated carbocycles. The zero-order chi connectivity index (χ0) is 28.5. The molecule has 0 bridgehead atoms. The number of rotatable bonds is 15. The van der Waals surface area contributed by atoms with E-state index in [1.807, 2.05) is 12.1 Å². The number of fused-ring (bicyclic) bond motifs is 1. The van der Waals surface area contributed by atoms with Crippen molar-refractivity contribution in [3.8, 4) is 34.3 Å². The van der Waals surface area contributed by atoms with Crippen LogP contribution in [0.2, 0.25) is 0 Å². The minimum absolute atomic E-state index is 0.00769. The van der Waals surface area contributed by atoms with Gasteiger partial charge in [-0.15, -0.1) is 0 Å². The van der Waals surface area contributed by atoms with Crippen molar-refractivity contribution in [3.63, 3.8) is 0 Å². The number of benzene rings is 2. The number of aromatic hydroxyl groups is 2. The molecule has 214 valence electrons. The molecule has 2 aromatic carbocycles. The summed E-state index contributed by atoms with van der Waals surface area (Å²) >= 11 is 0. The lowest BCUT2D eigenvalue weighted by Crippen LogP contribution is -2.03. The van der Waals surface area contributed by atoms with E-state index in [1.165, 1.54) is 64.9 Å². The molecule has 1 aromatic heterocycles. The van der Waals surface area contributed by atoms with E-state index < -0.39 is 11.2 Å². The second-order valence-corrected chi connectivity index (χ2v) is 11.5. The molecule has 0 fully saturated rings. The summed E-state index contributed by atoms with van der Waals surface area (Å²) in [4.78, 5) is 12.9. The van der Waals surface area contributed by atoms with Crippen molar-refractivity contribution >= 4 is 11.0 Å². The zero-order valence-electron chi connectivity index (χ0n) is 24.5. The lowest BCUT2D eigenvalue weighted by molar-refractivity contribution is 0.340. The Kier molecular flexibility index (Phi) is 11.1. The van der Waals surface area contributed by atoms with Gasteiger partial charge in [0.1, 0.15) is 5.58 Å². The predicted molar refractivity (Wildman–Crippen MR) is 158 cm³/mol. The van der Waals surface area contributed by atoms with E-state index in [2.05, 4.69) is 27.7 Å². The van der Waals surface area contributed by atoms with E-state index in [9.17, 15) is 15.0 Å². The summed E-state index contributed by atoms with van der Waals surface area (Å²) in [6, 6.07) is 8.55. The fourth-order valence-electron chi connectivity index (χ4n) is 5.24. The molecule has 6 nitrogen and oxygen atoms in total. The fraction of sp³-hybridized carbons (Fsp3) is 0.545. The highest BCUT2D eigenvalue weighted by molar-refractivity contribution is 5.83. The lowest BCUT2D eigenvalue weighted by atomic mass is 9.91. The highest BCUT2D eigenvalue weighted by Crippen LogP contribution is 2.42. The first-order chi connectivity index (χ1) is 18.6. The number of ether oxygens (including phenoxy) is 2. The van der Waals surface area contributed by atoms with Crippen LogP contribution >= 0.6 is 0 Å². The summed E-state index contributed by atoms with van der Waals surface area (Å²) in [5.41, 5.74) is 1.37. The Morgan fingerprint density at radius 1 is 0.769 bits per heavy atom. The van der Waals surface area contributed by atoms with E-state index in [0.717, 1.165) is 36.7 Å². The van der Waals surface area contributed by atoms with Crippen LogP contribution in [-0.2, 0) is 6.42 Å². The third-order valence-corrected chi connectivity index (χ3v) is 7.71. The van der Waals surface area contributed by atoms with Crippen molar-refractivity contribution in [2.75, 3.05) is 14.2 Å². The van der Waals surface area contributed by atoms with Gasteiger partial charge in [-0.1, -0.05) is 78.7 Å². The van der Waals surface area contributed by atoms with Crippen LogP contribution in [0, 0.1) is 17.8 Å². The van der Waals surface area contributed by atoms with Crippen LogP contribution in [0.25, 0.3) is 22.3 Å². The molecule has 0 aliphatic carbocycles. The van der Waals surface area contributed by atoms with Crippen molar-refractivity contribution in [2.24, 2.45) is 17.8 Å². The highest BCUT2D eigenvalue weighted by atomic mass is 16.5. The molecule has 3 rings (SSSR count). The Balaban J connectivity index is 1.63. The predicted octanol–water partition coefficient (Wildman–Crippen LogP) is 8.48. The van der Waals surface area contributed by atoms with Gasteiger partial charge >= 0.3 is 0 Å². The van der Waals surface area contributed by atoms with Gasteiger partial charge < -0.3 is 24.1 Å². The van der Waals surface area contributed by atoms with Gasteiger partial charge in [0, 0.05) is 5.56 Å². The first-order valence-electron chi connectivity index (χ1n) is 14.4. The summed E-state index contributed by atoms with van der Waals surface area (Å²) < 4.78 is 16.5. The van der Waals surface area contributed by atoms with Crippen LogP contribution in [0.15, 0.2) is 39.5 Å². The molecular weight excluding hydrogens is 492 g/mol. The average Bonchev–Trinajstić information content (AvgIpc) is 2.90. The van der Waals surface area contributed by atoms with Crippen LogP contribution in [0.3, 0.4) is 0 Å². The number of phenolic OH excluding ortho intramolecular Hbond substituents is 1. The van der Waals surface area contributed by atoms with Crippen LogP contribution in [-0.4, -0.2) is 24.4 Å². The Hall–Kier alpha value is -3.15. The van der Waals surface area contributed by atoms with Gasteiger partial charge in [-0.3, -0.25) is 4.79 Å². The third-order valence-electron chi connectivity index (χ3n) is 7.71. The van der Waals surface area contributed by atoms with E-state index >= 15 is 0 Å². The number of hydrogen-bond acceptors (Lipinski definition) is 6. The van der Waals surface area contributed by atoms with Crippen LogP contribution in [0.5, 0.6) is 23.0 Å². The molecule has 6 heteroatoms. The number of aryl methyl sites for hydroxylation is 1. The standard InChI is InChI=1S/C33H46O6/c1-21(2)10-7-11-22(3)12-8-13-23(4)14-9-15-24-16-17-26-27(18-24)39-33(32(36)30(26)34)25-19-28(37-5)31(35)29(20-25)38-6/h16-23,35-36H,7-15H2,1-6H3. The number of hydrogen-bond donors (Lipinski definition) is 2. The van der Waals surface area contributed by atoms with Gasteiger partial charge in [0.15, 0.2) is 17.3 Å². The maximum absolute atomic E-state index is 12.9. The van der Waals surface area contributed by atoms with Crippen molar-refractivity contribution in [2.45, 2.75) is 85.5 Å². The summed E-state index contributed by atoms with van der Waals surface area (Å²) in [6.45, 7) is 9.34. The van der Waals surface area contributed by atoms with Crippen molar-refractivity contribution in [3.05, 3.63) is 46.1 Å². The summed E-state index contributed by atoms with van der Waals surface area (Å²) in [7, 11) is 2.83. The minimum atomic E-state index is -0.504. The van der Waals surface area contributed by atoms with E-state index in [0.29, 0.717) is 22.5 Å². The van der Waals surface area contributed by atoms with Gasteiger partial charge in [-0.05, 0) is 60.4 Å². The van der Waals surface area contributed by atoms with Crippen LogP contribution in [0.4, 0.5) is 0 Å². The third kappa shape index (κ3) is 8.17. The summed E-state index contributed by atoms with van der Waals surface area (Å²) in [5.74, 6) is 1.95. The molecule has 2 N–H and O–H groups in total. The first kappa shape index (κ1) is 30.4. The first-order valence-corrected chi connectivity index (χ1v) is 14.4. The summed E-state index contributed by atoms with van der Waals surface area (Å²) in [5, 5.41) is 21.2. The molecular formula is C33H46O6. The van der Waals surface area contributed by atoms with Gasteiger partial charge in [0.25, 0.3) is 0 Å². The van der Waals surface area contributed by atoms with Gasteiger partial charge in [0.2, 0.25) is 16.9 Å². The minimum Gasteiger partial charge on any atom is -0.502 e. The zero-order valence-corrected chi connectivity index (χ0v) is 24.5. The maximum Gasteiger partial charge on any atom is 0.235 e. The highest BCUT2D eigenvalue weighted by Gasteiger charge is 2.20. The summed E-state index contributed by atoms with van der Waals surface area (Å²) in [6.07, 6.45) is 11.0. The molecule has 0 aliphatic heterocycles.